The van der Waals surface area contributed by atoms with Crippen molar-refractivity contribution in [2.75, 3.05) is 0 Å². The first-order valence-electron chi connectivity index (χ1n) is 6.23. The van der Waals surface area contributed by atoms with Gasteiger partial charge in [-0.3, -0.25) is 0 Å². The molecular formula is C15H13F4NS. The molecule has 2 N–H and O–H groups in total. The average Bonchev–Trinajstić information content (AvgIpc) is 2.35. The van der Waals surface area contributed by atoms with Gasteiger partial charge in [0, 0.05) is 17.0 Å². The summed E-state index contributed by atoms with van der Waals surface area (Å²) in [6.07, 6.45) is 0.337. The summed E-state index contributed by atoms with van der Waals surface area (Å²) in [6, 6.07) is 4.97. The van der Waals surface area contributed by atoms with Gasteiger partial charge in [0.2, 0.25) is 0 Å². The Bertz CT molecular complexity index is 635. The van der Waals surface area contributed by atoms with Crippen molar-refractivity contribution in [3.63, 3.8) is 0 Å². The predicted molar refractivity (Wildman–Crippen MR) is 74.2 cm³/mol. The van der Waals surface area contributed by atoms with Crippen LogP contribution in [0.3, 0.4) is 0 Å². The van der Waals surface area contributed by atoms with E-state index in [9.17, 15) is 17.6 Å². The molecule has 0 aliphatic carbocycles. The zero-order chi connectivity index (χ0) is 15.6. The summed E-state index contributed by atoms with van der Waals surface area (Å²) in [6.45, 7) is 1.73. The maximum absolute atomic E-state index is 14.0. The van der Waals surface area contributed by atoms with Crippen LogP contribution in [0.5, 0.6) is 0 Å². The zero-order valence-corrected chi connectivity index (χ0v) is 12.0. The number of hydrogen-bond acceptors (Lipinski definition) is 2. The molecule has 0 aliphatic rings. The summed E-state index contributed by atoms with van der Waals surface area (Å²) in [7, 11) is 0. The number of nitrogens with two attached hydrogens (primary N) is 1. The van der Waals surface area contributed by atoms with E-state index in [1.54, 1.807) is 6.92 Å². The van der Waals surface area contributed by atoms with Gasteiger partial charge in [0.15, 0.2) is 0 Å². The summed E-state index contributed by atoms with van der Waals surface area (Å²) in [4.78, 5) is -0.372. The third-order valence-electron chi connectivity index (χ3n) is 2.72. The molecule has 0 radical (unpaired) electrons. The Morgan fingerprint density at radius 2 is 1.62 bits per heavy atom. The molecule has 0 amide bonds. The minimum absolute atomic E-state index is 0.0471. The van der Waals surface area contributed by atoms with Gasteiger partial charge in [-0.05, 0) is 43.2 Å². The molecule has 0 aliphatic heterocycles. The van der Waals surface area contributed by atoms with Crippen molar-refractivity contribution in [3.8, 4) is 0 Å². The van der Waals surface area contributed by atoms with Crippen molar-refractivity contribution in [2.24, 2.45) is 5.73 Å². The SMILES string of the molecule is CC(N)Cc1cc(F)c(Sc2ccc(F)cc2F)c(F)c1. The predicted octanol–water partition coefficient (Wildman–Crippen LogP) is 4.28. The first kappa shape index (κ1) is 15.9. The fraction of sp³-hybridized carbons (Fsp3) is 0.200. The van der Waals surface area contributed by atoms with Crippen molar-refractivity contribution in [1.82, 2.24) is 0 Å². The second-order valence-corrected chi connectivity index (χ2v) is 5.80. The van der Waals surface area contributed by atoms with Crippen LogP contribution in [0.2, 0.25) is 0 Å². The van der Waals surface area contributed by atoms with Gasteiger partial charge in [-0.15, -0.1) is 0 Å². The Hall–Kier alpha value is -1.53. The van der Waals surface area contributed by atoms with Crippen molar-refractivity contribution in [3.05, 3.63) is 59.2 Å². The highest BCUT2D eigenvalue weighted by atomic mass is 32.2. The van der Waals surface area contributed by atoms with E-state index in [2.05, 4.69) is 0 Å². The number of rotatable bonds is 4. The maximum Gasteiger partial charge on any atom is 0.140 e. The summed E-state index contributed by atoms with van der Waals surface area (Å²) in [5.41, 5.74) is 6.02. The molecule has 2 aromatic rings. The zero-order valence-electron chi connectivity index (χ0n) is 11.2. The fourth-order valence-corrected chi connectivity index (χ4v) is 2.69. The average molecular weight is 315 g/mol. The van der Waals surface area contributed by atoms with Gasteiger partial charge in [-0.2, -0.15) is 0 Å². The van der Waals surface area contributed by atoms with Crippen LogP contribution in [0.1, 0.15) is 12.5 Å². The van der Waals surface area contributed by atoms with Crippen LogP contribution >= 0.6 is 11.8 Å². The molecule has 0 bridgehead atoms. The molecule has 2 aromatic carbocycles. The van der Waals surface area contributed by atoms with E-state index < -0.39 is 23.3 Å². The minimum atomic E-state index is -0.863. The van der Waals surface area contributed by atoms with E-state index in [1.165, 1.54) is 12.1 Å². The first-order valence-corrected chi connectivity index (χ1v) is 7.05. The van der Waals surface area contributed by atoms with Crippen LogP contribution in [-0.4, -0.2) is 6.04 Å². The molecule has 2 rings (SSSR count). The van der Waals surface area contributed by atoms with Crippen molar-refractivity contribution in [2.45, 2.75) is 29.2 Å². The van der Waals surface area contributed by atoms with E-state index >= 15 is 0 Å². The lowest BCUT2D eigenvalue weighted by Gasteiger charge is -2.10. The smallest absolute Gasteiger partial charge is 0.140 e. The van der Waals surface area contributed by atoms with E-state index in [0.717, 1.165) is 12.1 Å². The van der Waals surface area contributed by atoms with Gasteiger partial charge >= 0.3 is 0 Å². The lowest BCUT2D eigenvalue weighted by Crippen LogP contribution is -2.18. The van der Waals surface area contributed by atoms with Crippen LogP contribution in [0.15, 0.2) is 40.1 Å². The third-order valence-corrected chi connectivity index (χ3v) is 3.87. The number of halogens is 4. The number of hydrogen-bond donors (Lipinski definition) is 1. The normalized spacial score (nSPS) is 12.5. The molecular weight excluding hydrogens is 302 g/mol. The van der Waals surface area contributed by atoms with Crippen molar-refractivity contribution >= 4 is 11.8 Å². The maximum atomic E-state index is 14.0. The van der Waals surface area contributed by atoms with E-state index in [1.807, 2.05) is 0 Å². The summed E-state index contributed by atoms with van der Waals surface area (Å²) >= 11 is 0.581. The molecule has 112 valence electrons. The van der Waals surface area contributed by atoms with Crippen molar-refractivity contribution < 1.29 is 17.6 Å². The minimum Gasteiger partial charge on any atom is -0.328 e. The van der Waals surface area contributed by atoms with Gasteiger partial charge < -0.3 is 5.73 Å². The highest BCUT2D eigenvalue weighted by molar-refractivity contribution is 7.99. The Morgan fingerprint density at radius 3 is 2.14 bits per heavy atom. The number of benzene rings is 2. The molecule has 0 saturated carbocycles. The summed E-state index contributed by atoms with van der Waals surface area (Å²) in [5, 5.41) is 0. The van der Waals surface area contributed by atoms with Crippen molar-refractivity contribution in [1.29, 1.82) is 0 Å². The standard InChI is InChI=1S/C15H13F4NS/c1-8(20)4-9-5-12(18)15(13(19)6-9)21-14-3-2-10(16)7-11(14)17/h2-3,5-8H,4,20H2,1H3. The lowest BCUT2D eigenvalue weighted by atomic mass is 10.1. The summed E-state index contributed by atoms with van der Waals surface area (Å²) < 4.78 is 54.3. The quantitative estimate of drug-likeness (QED) is 0.852. The molecule has 0 heterocycles. The van der Waals surface area contributed by atoms with E-state index in [-0.39, 0.29) is 15.8 Å². The van der Waals surface area contributed by atoms with Gasteiger partial charge in [-0.1, -0.05) is 11.8 Å². The van der Waals surface area contributed by atoms with Crippen LogP contribution in [0.4, 0.5) is 17.6 Å². The second kappa shape index (κ2) is 6.49. The molecule has 0 saturated heterocycles. The largest absolute Gasteiger partial charge is 0.328 e. The Kier molecular flexibility index (Phi) is 4.90. The van der Waals surface area contributed by atoms with E-state index in [0.29, 0.717) is 29.8 Å². The molecule has 1 unspecified atom stereocenters. The highest BCUT2D eigenvalue weighted by Gasteiger charge is 2.15. The molecule has 1 atom stereocenters. The Balaban J connectivity index is 2.32. The van der Waals surface area contributed by atoms with Crippen LogP contribution in [0, 0.1) is 23.3 Å². The molecule has 21 heavy (non-hydrogen) atoms. The first-order chi connectivity index (χ1) is 9.86. The molecule has 0 fully saturated rings. The van der Waals surface area contributed by atoms with Crippen LogP contribution < -0.4 is 5.73 Å². The van der Waals surface area contributed by atoms with Gasteiger partial charge in [-0.25, -0.2) is 17.6 Å². The lowest BCUT2D eigenvalue weighted by molar-refractivity contribution is 0.534. The Labute approximate surface area is 124 Å². The third kappa shape index (κ3) is 3.98. The summed E-state index contributed by atoms with van der Waals surface area (Å²) in [5.74, 6) is -3.19. The fourth-order valence-electron chi connectivity index (χ4n) is 1.87. The highest BCUT2D eigenvalue weighted by Crippen LogP contribution is 2.34. The van der Waals surface area contributed by atoms with Gasteiger partial charge in [0.25, 0.3) is 0 Å². The molecule has 1 nitrogen and oxygen atoms in total. The monoisotopic (exact) mass is 315 g/mol. The van der Waals surface area contributed by atoms with Gasteiger partial charge in [0.1, 0.15) is 23.3 Å². The molecule has 6 heteroatoms. The molecule has 0 spiro atoms. The molecule has 0 aromatic heterocycles. The second-order valence-electron chi connectivity index (χ2n) is 4.75. The van der Waals surface area contributed by atoms with Gasteiger partial charge in [0.05, 0.1) is 4.90 Å². The topological polar surface area (TPSA) is 26.0 Å². The Morgan fingerprint density at radius 1 is 1.00 bits per heavy atom. The van der Waals surface area contributed by atoms with Crippen LogP contribution in [-0.2, 0) is 6.42 Å². The van der Waals surface area contributed by atoms with E-state index in [4.69, 9.17) is 5.73 Å². The van der Waals surface area contributed by atoms with Crippen LogP contribution in [0.25, 0.3) is 0 Å².